The van der Waals surface area contributed by atoms with Crippen LogP contribution < -0.4 is 0 Å². The third-order valence-corrected chi connectivity index (χ3v) is 0.458. The quantitative estimate of drug-likeness (QED) is 0.454. The van der Waals surface area contributed by atoms with Gasteiger partial charge >= 0.3 is 0 Å². The van der Waals surface area contributed by atoms with E-state index in [0.717, 1.165) is 5.06 Å². The van der Waals surface area contributed by atoms with Gasteiger partial charge in [-0.15, -0.1) is 0 Å². The van der Waals surface area contributed by atoms with Crippen LogP contribution in [0, 0.1) is 0 Å². The molecule has 0 rings (SSSR count). The summed E-state index contributed by atoms with van der Waals surface area (Å²) in [6.07, 6.45) is 0. The van der Waals surface area contributed by atoms with Crippen molar-refractivity contribution in [2.24, 2.45) is 0 Å². The third-order valence-electron chi connectivity index (χ3n) is 0.458. The van der Waals surface area contributed by atoms with Crippen molar-refractivity contribution in [3.05, 3.63) is 0 Å². The molecule has 0 saturated carbocycles. The average molecular weight is 75.1 g/mol. The lowest BCUT2D eigenvalue weighted by molar-refractivity contribution is -0.0596. The molecule has 2 heteroatoms. The summed E-state index contributed by atoms with van der Waals surface area (Å²) in [6, 6.07) is 0. The molecule has 0 spiro atoms. The van der Waals surface area contributed by atoms with E-state index in [1.54, 1.807) is 7.05 Å². The smallest absolute Gasteiger partial charge is 0.0206 e. The molecule has 0 amide bonds. The molecular weight excluding hydrogens is 66.0 g/mol. The maximum Gasteiger partial charge on any atom is 0.0206 e. The molecule has 0 aliphatic rings. The van der Waals surface area contributed by atoms with Gasteiger partial charge in [0.05, 0.1) is 0 Å². The summed E-state index contributed by atoms with van der Waals surface area (Å²) in [7, 11) is 1.61. The van der Waals surface area contributed by atoms with Crippen LogP contribution in [-0.4, -0.2) is 23.9 Å². The van der Waals surface area contributed by atoms with E-state index in [1.165, 1.54) is 0 Å². The van der Waals surface area contributed by atoms with Crippen LogP contribution in [0.2, 0.25) is 0 Å². The number of rotatable bonds is 1. The minimum absolute atomic E-state index is 0.694. The Morgan fingerprint density at radius 3 is 2.00 bits per heavy atom. The van der Waals surface area contributed by atoms with E-state index >= 15 is 0 Å². The standard InChI is InChI=1S/C3H9NO/c1-3-4(2)5/h5H,3H2,1-2H3. The van der Waals surface area contributed by atoms with Gasteiger partial charge in [-0.05, 0) is 0 Å². The van der Waals surface area contributed by atoms with Gasteiger partial charge in [-0.2, -0.15) is 5.06 Å². The van der Waals surface area contributed by atoms with Crippen LogP contribution in [0.5, 0.6) is 0 Å². The lowest BCUT2D eigenvalue weighted by Crippen LogP contribution is -2.09. The van der Waals surface area contributed by atoms with Crippen molar-refractivity contribution in [2.75, 3.05) is 13.6 Å². The molecule has 2 nitrogen and oxygen atoms in total. The number of nitrogens with zero attached hydrogens (tertiary/aromatic N) is 1. The van der Waals surface area contributed by atoms with Gasteiger partial charge in [0.25, 0.3) is 0 Å². The predicted molar refractivity (Wildman–Crippen MR) is 20.1 cm³/mol. The highest BCUT2D eigenvalue weighted by Gasteiger charge is 1.74. The van der Waals surface area contributed by atoms with E-state index < -0.39 is 0 Å². The lowest BCUT2D eigenvalue weighted by Gasteiger charge is -1.98. The topological polar surface area (TPSA) is 23.5 Å². The van der Waals surface area contributed by atoms with Gasteiger partial charge in [0.2, 0.25) is 0 Å². The maximum absolute atomic E-state index is 8.19. The van der Waals surface area contributed by atoms with Gasteiger partial charge in [0, 0.05) is 13.6 Å². The molecule has 1 N–H and O–H groups in total. The predicted octanol–water partition coefficient (Wildman–Crippen LogP) is 0.327. The summed E-state index contributed by atoms with van der Waals surface area (Å²) in [5.74, 6) is 0. The maximum atomic E-state index is 8.19. The Hall–Kier alpha value is -0.0800. The Morgan fingerprint density at radius 1 is 1.80 bits per heavy atom. The van der Waals surface area contributed by atoms with E-state index in [9.17, 15) is 0 Å². The fourth-order valence-electron chi connectivity index (χ4n) is 0. The second-order valence-corrected chi connectivity index (χ2v) is 0.974. The first kappa shape index (κ1) is 4.92. The van der Waals surface area contributed by atoms with Crippen molar-refractivity contribution in [2.45, 2.75) is 6.92 Å². The van der Waals surface area contributed by atoms with Gasteiger partial charge in [-0.3, -0.25) is 0 Å². The second-order valence-electron chi connectivity index (χ2n) is 0.974. The molecule has 0 aromatic rings. The Kier molecular flexibility index (Phi) is 2.14. The molecule has 0 unspecified atom stereocenters. The summed E-state index contributed by atoms with van der Waals surface area (Å²) < 4.78 is 0. The van der Waals surface area contributed by atoms with Gasteiger partial charge in [0.15, 0.2) is 0 Å². The first-order valence-corrected chi connectivity index (χ1v) is 1.67. The van der Waals surface area contributed by atoms with E-state index in [1.807, 2.05) is 6.92 Å². The van der Waals surface area contributed by atoms with E-state index in [0.29, 0.717) is 6.54 Å². The molecule has 0 fully saturated rings. The van der Waals surface area contributed by atoms with Gasteiger partial charge in [0.1, 0.15) is 0 Å². The summed E-state index contributed by atoms with van der Waals surface area (Å²) in [4.78, 5) is 0. The molecule has 32 valence electrons. The van der Waals surface area contributed by atoms with Gasteiger partial charge in [-0.1, -0.05) is 6.92 Å². The molecule has 0 heterocycles. The van der Waals surface area contributed by atoms with E-state index in [-0.39, 0.29) is 0 Å². The fraction of sp³-hybridized carbons (Fsp3) is 1.00. The van der Waals surface area contributed by atoms with Crippen molar-refractivity contribution in [3.63, 3.8) is 0 Å². The highest BCUT2D eigenvalue weighted by molar-refractivity contribution is 4.14. The summed E-state index contributed by atoms with van der Waals surface area (Å²) in [5, 5.41) is 9.32. The van der Waals surface area contributed by atoms with Crippen LogP contribution in [0.25, 0.3) is 0 Å². The van der Waals surface area contributed by atoms with E-state index in [4.69, 9.17) is 5.21 Å². The van der Waals surface area contributed by atoms with Crippen LogP contribution >= 0.6 is 0 Å². The van der Waals surface area contributed by atoms with Crippen LogP contribution in [0.15, 0.2) is 0 Å². The van der Waals surface area contributed by atoms with E-state index in [2.05, 4.69) is 0 Å². The first-order chi connectivity index (χ1) is 2.27. The number of hydrogen-bond donors (Lipinski definition) is 1. The van der Waals surface area contributed by atoms with Crippen LogP contribution in [0.1, 0.15) is 6.92 Å². The monoisotopic (exact) mass is 75.1 g/mol. The molecule has 5 heavy (non-hydrogen) atoms. The SMILES string of the molecule is CCN(C)O. The summed E-state index contributed by atoms with van der Waals surface area (Å²) >= 11 is 0. The molecule has 0 atom stereocenters. The Balaban J connectivity index is 2.54. The molecule has 0 bridgehead atoms. The molecule has 0 aliphatic carbocycles. The Bertz CT molecular complexity index is 20.9. The van der Waals surface area contributed by atoms with Crippen LogP contribution in [0.4, 0.5) is 0 Å². The molecule has 0 aromatic carbocycles. The fourth-order valence-corrected chi connectivity index (χ4v) is 0. The number of hydrogen-bond acceptors (Lipinski definition) is 2. The van der Waals surface area contributed by atoms with Crippen LogP contribution in [-0.2, 0) is 0 Å². The second kappa shape index (κ2) is 2.18. The molecule has 0 aliphatic heterocycles. The minimum atomic E-state index is 0.694. The highest BCUT2D eigenvalue weighted by atomic mass is 16.5. The molecule has 0 saturated heterocycles. The molecule has 0 aromatic heterocycles. The normalized spacial score (nSPS) is 9.60. The zero-order chi connectivity index (χ0) is 4.28. The third kappa shape index (κ3) is 3.92. The minimum Gasteiger partial charge on any atom is -0.314 e. The van der Waals surface area contributed by atoms with Crippen molar-refractivity contribution >= 4 is 0 Å². The highest BCUT2D eigenvalue weighted by Crippen LogP contribution is 1.62. The van der Waals surface area contributed by atoms with Crippen LogP contribution in [0.3, 0.4) is 0 Å². The first-order valence-electron chi connectivity index (χ1n) is 1.67. The van der Waals surface area contributed by atoms with Crippen molar-refractivity contribution < 1.29 is 5.21 Å². The van der Waals surface area contributed by atoms with Gasteiger partial charge in [-0.25, -0.2) is 0 Å². The largest absolute Gasteiger partial charge is 0.314 e. The van der Waals surface area contributed by atoms with Crippen molar-refractivity contribution in [1.29, 1.82) is 0 Å². The average Bonchev–Trinajstić information content (AvgIpc) is 1.38. The Morgan fingerprint density at radius 2 is 2.00 bits per heavy atom. The lowest BCUT2D eigenvalue weighted by atomic mass is 10.8. The molecular formula is C3H9NO. The zero-order valence-corrected chi connectivity index (χ0v) is 3.60. The summed E-state index contributed by atoms with van der Waals surface area (Å²) in [6.45, 7) is 2.57. The number of hydroxylamine groups is 2. The van der Waals surface area contributed by atoms with Crippen molar-refractivity contribution in [1.82, 2.24) is 5.06 Å². The summed E-state index contributed by atoms with van der Waals surface area (Å²) in [5.41, 5.74) is 0. The van der Waals surface area contributed by atoms with Crippen molar-refractivity contribution in [3.8, 4) is 0 Å². The Labute approximate surface area is 32.0 Å². The molecule has 0 radical (unpaired) electrons. The van der Waals surface area contributed by atoms with Gasteiger partial charge < -0.3 is 5.21 Å². The zero-order valence-electron chi connectivity index (χ0n) is 3.60.